The summed E-state index contributed by atoms with van der Waals surface area (Å²) in [5, 5.41) is 0. The summed E-state index contributed by atoms with van der Waals surface area (Å²) >= 11 is 0. The van der Waals surface area contributed by atoms with E-state index in [1.165, 1.54) is 31.2 Å². The normalized spacial score (nSPS) is 24.8. The van der Waals surface area contributed by atoms with Crippen molar-refractivity contribution in [3.05, 3.63) is 29.8 Å². The summed E-state index contributed by atoms with van der Waals surface area (Å²) in [4.78, 5) is 0. The lowest BCUT2D eigenvalue weighted by Crippen LogP contribution is -2.26. The molecule has 0 heterocycles. The first kappa shape index (κ1) is 12.4. The van der Waals surface area contributed by atoms with E-state index in [0.717, 1.165) is 24.6 Å². The van der Waals surface area contributed by atoms with E-state index in [2.05, 4.69) is 19.1 Å². The summed E-state index contributed by atoms with van der Waals surface area (Å²) in [6.07, 6.45) is 6.74. The Bertz CT molecular complexity index is 333. The molecule has 2 rings (SSSR count). The van der Waals surface area contributed by atoms with Crippen molar-refractivity contribution in [2.45, 2.75) is 45.1 Å². The fraction of sp³-hybridized carbons (Fsp3) is 0.600. The summed E-state index contributed by atoms with van der Waals surface area (Å²) in [7, 11) is 0. The SMILES string of the molecule is CC1CCCCC1OCCc1ccc(N)cc1. The van der Waals surface area contributed by atoms with Crippen LogP contribution in [-0.2, 0) is 11.2 Å². The zero-order valence-electron chi connectivity index (χ0n) is 10.7. The number of benzene rings is 1. The van der Waals surface area contributed by atoms with Gasteiger partial charge in [-0.3, -0.25) is 0 Å². The number of anilines is 1. The van der Waals surface area contributed by atoms with E-state index >= 15 is 0 Å². The Morgan fingerprint density at radius 1 is 1.18 bits per heavy atom. The second kappa shape index (κ2) is 6.06. The van der Waals surface area contributed by atoms with Gasteiger partial charge in [-0.05, 0) is 42.9 Å². The molecule has 0 amide bonds. The van der Waals surface area contributed by atoms with Crippen LogP contribution in [0.2, 0.25) is 0 Å². The van der Waals surface area contributed by atoms with Gasteiger partial charge in [0.1, 0.15) is 0 Å². The van der Waals surface area contributed by atoms with Crippen LogP contribution in [0.5, 0.6) is 0 Å². The monoisotopic (exact) mass is 233 g/mol. The molecule has 2 nitrogen and oxygen atoms in total. The third-order valence-electron chi connectivity index (χ3n) is 3.74. The standard InChI is InChI=1S/C15H23NO/c1-12-4-2-3-5-15(12)17-11-10-13-6-8-14(16)9-7-13/h6-9,12,15H,2-5,10-11,16H2,1H3. The lowest BCUT2D eigenvalue weighted by atomic mass is 9.88. The molecule has 0 aliphatic heterocycles. The molecule has 94 valence electrons. The number of rotatable bonds is 4. The Morgan fingerprint density at radius 3 is 2.59 bits per heavy atom. The molecule has 2 N–H and O–H groups in total. The maximum absolute atomic E-state index is 6.00. The van der Waals surface area contributed by atoms with Crippen LogP contribution in [-0.4, -0.2) is 12.7 Å². The van der Waals surface area contributed by atoms with Gasteiger partial charge in [0.2, 0.25) is 0 Å². The Kier molecular flexibility index (Phi) is 4.43. The highest BCUT2D eigenvalue weighted by molar-refractivity contribution is 5.39. The number of nitrogen functional groups attached to an aromatic ring is 1. The second-order valence-electron chi connectivity index (χ2n) is 5.16. The van der Waals surface area contributed by atoms with E-state index < -0.39 is 0 Å². The molecule has 0 radical (unpaired) electrons. The molecular weight excluding hydrogens is 210 g/mol. The van der Waals surface area contributed by atoms with Crippen LogP contribution in [0, 0.1) is 5.92 Å². The predicted molar refractivity (Wildman–Crippen MR) is 71.9 cm³/mol. The van der Waals surface area contributed by atoms with E-state index in [4.69, 9.17) is 10.5 Å². The summed E-state index contributed by atoms with van der Waals surface area (Å²) in [6.45, 7) is 3.14. The first-order chi connectivity index (χ1) is 8.25. The van der Waals surface area contributed by atoms with E-state index in [1.807, 2.05) is 12.1 Å². The molecule has 17 heavy (non-hydrogen) atoms. The van der Waals surface area contributed by atoms with Crippen molar-refractivity contribution in [3.8, 4) is 0 Å². The zero-order chi connectivity index (χ0) is 12.1. The van der Waals surface area contributed by atoms with Crippen molar-refractivity contribution in [2.24, 2.45) is 5.92 Å². The Balaban J connectivity index is 1.73. The first-order valence-electron chi connectivity index (χ1n) is 6.72. The van der Waals surface area contributed by atoms with Crippen LogP contribution in [0.4, 0.5) is 5.69 Å². The highest BCUT2D eigenvalue weighted by atomic mass is 16.5. The van der Waals surface area contributed by atoms with Gasteiger partial charge in [0.15, 0.2) is 0 Å². The highest BCUT2D eigenvalue weighted by Gasteiger charge is 2.21. The molecule has 1 aliphatic rings. The Hall–Kier alpha value is -1.02. The molecule has 2 heteroatoms. The van der Waals surface area contributed by atoms with Crippen molar-refractivity contribution in [3.63, 3.8) is 0 Å². The van der Waals surface area contributed by atoms with E-state index in [0.29, 0.717) is 6.10 Å². The first-order valence-corrected chi connectivity index (χ1v) is 6.72. The van der Waals surface area contributed by atoms with Crippen LogP contribution in [0.1, 0.15) is 38.2 Å². The average molecular weight is 233 g/mol. The van der Waals surface area contributed by atoms with Gasteiger partial charge < -0.3 is 10.5 Å². The van der Waals surface area contributed by atoms with Crippen LogP contribution >= 0.6 is 0 Å². The van der Waals surface area contributed by atoms with Crippen LogP contribution < -0.4 is 5.73 Å². The zero-order valence-corrected chi connectivity index (χ0v) is 10.7. The van der Waals surface area contributed by atoms with Gasteiger partial charge >= 0.3 is 0 Å². The number of nitrogens with two attached hydrogens (primary N) is 1. The van der Waals surface area contributed by atoms with Crippen molar-refractivity contribution in [2.75, 3.05) is 12.3 Å². The average Bonchev–Trinajstić information content (AvgIpc) is 2.34. The van der Waals surface area contributed by atoms with E-state index in [-0.39, 0.29) is 0 Å². The molecule has 1 aliphatic carbocycles. The van der Waals surface area contributed by atoms with Crippen molar-refractivity contribution < 1.29 is 4.74 Å². The minimum absolute atomic E-state index is 0.484. The van der Waals surface area contributed by atoms with Gasteiger partial charge in [0, 0.05) is 5.69 Å². The molecule has 1 saturated carbocycles. The lowest BCUT2D eigenvalue weighted by molar-refractivity contribution is -0.00332. The molecular formula is C15H23NO. The molecule has 2 atom stereocenters. The van der Waals surface area contributed by atoms with Gasteiger partial charge in [0.25, 0.3) is 0 Å². The largest absolute Gasteiger partial charge is 0.399 e. The molecule has 0 spiro atoms. The highest BCUT2D eigenvalue weighted by Crippen LogP contribution is 2.26. The van der Waals surface area contributed by atoms with Gasteiger partial charge in [0.05, 0.1) is 12.7 Å². The van der Waals surface area contributed by atoms with Gasteiger partial charge in [-0.1, -0.05) is 31.9 Å². The summed E-state index contributed by atoms with van der Waals surface area (Å²) in [6, 6.07) is 8.09. The third-order valence-corrected chi connectivity index (χ3v) is 3.74. The van der Waals surface area contributed by atoms with E-state index in [1.54, 1.807) is 0 Å². The number of hydrogen-bond donors (Lipinski definition) is 1. The molecule has 1 aromatic rings. The summed E-state index contributed by atoms with van der Waals surface area (Å²) < 4.78 is 6.00. The maximum atomic E-state index is 6.00. The minimum atomic E-state index is 0.484. The fourth-order valence-corrected chi connectivity index (χ4v) is 2.54. The van der Waals surface area contributed by atoms with Gasteiger partial charge in [-0.2, -0.15) is 0 Å². The number of ether oxygens (including phenoxy) is 1. The van der Waals surface area contributed by atoms with Crippen molar-refractivity contribution in [1.29, 1.82) is 0 Å². The van der Waals surface area contributed by atoms with Crippen molar-refractivity contribution >= 4 is 5.69 Å². The summed E-state index contributed by atoms with van der Waals surface area (Å²) in [5.41, 5.74) is 7.80. The molecule has 0 saturated heterocycles. The molecule has 0 bridgehead atoms. The smallest absolute Gasteiger partial charge is 0.0600 e. The molecule has 1 aromatic carbocycles. The quantitative estimate of drug-likeness (QED) is 0.809. The topological polar surface area (TPSA) is 35.2 Å². The predicted octanol–water partition coefficient (Wildman–Crippen LogP) is 3.41. The Morgan fingerprint density at radius 2 is 1.88 bits per heavy atom. The second-order valence-corrected chi connectivity index (χ2v) is 5.16. The van der Waals surface area contributed by atoms with Gasteiger partial charge in [-0.25, -0.2) is 0 Å². The fourth-order valence-electron chi connectivity index (χ4n) is 2.54. The third kappa shape index (κ3) is 3.74. The van der Waals surface area contributed by atoms with Crippen LogP contribution in [0.15, 0.2) is 24.3 Å². The van der Waals surface area contributed by atoms with E-state index in [9.17, 15) is 0 Å². The van der Waals surface area contributed by atoms with Gasteiger partial charge in [-0.15, -0.1) is 0 Å². The molecule has 1 fully saturated rings. The lowest BCUT2D eigenvalue weighted by Gasteiger charge is -2.28. The summed E-state index contributed by atoms with van der Waals surface area (Å²) in [5.74, 6) is 0.732. The van der Waals surface area contributed by atoms with Crippen molar-refractivity contribution in [1.82, 2.24) is 0 Å². The Labute approximate surface area is 104 Å². The molecule has 0 aromatic heterocycles. The minimum Gasteiger partial charge on any atom is -0.399 e. The van der Waals surface area contributed by atoms with Crippen LogP contribution in [0.25, 0.3) is 0 Å². The number of hydrogen-bond acceptors (Lipinski definition) is 2. The van der Waals surface area contributed by atoms with Crippen LogP contribution in [0.3, 0.4) is 0 Å². The molecule has 2 unspecified atom stereocenters. The maximum Gasteiger partial charge on any atom is 0.0600 e.